The summed E-state index contributed by atoms with van der Waals surface area (Å²) in [6.07, 6.45) is 5.87. The fraction of sp³-hybridized carbons (Fsp3) is 0.429. The fourth-order valence-electron chi connectivity index (χ4n) is 4.14. The van der Waals surface area contributed by atoms with Crippen molar-refractivity contribution in [1.82, 2.24) is 29.9 Å². The van der Waals surface area contributed by atoms with Gasteiger partial charge < -0.3 is 10.3 Å². The van der Waals surface area contributed by atoms with E-state index in [1.807, 2.05) is 13.1 Å². The van der Waals surface area contributed by atoms with Gasteiger partial charge in [0, 0.05) is 30.1 Å². The first-order chi connectivity index (χ1) is 15.1. The van der Waals surface area contributed by atoms with Gasteiger partial charge in [-0.3, -0.25) is 4.79 Å². The van der Waals surface area contributed by atoms with Crippen LogP contribution in [0.25, 0.3) is 27.3 Å². The average molecular weight is 473 g/mol. The number of nitrogens with one attached hydrogen (secondary N) is 2. The predicted octanol–water partition coefficient (Wildman–Crippen LogP) is 3.07. The van der Waals surface area contributed by atoms with Gasteiger partial charge in [0.1, 0.15) is 16.7 Å². The summed E-state index contributed by atoms with van der Waals surface area (Å²) in [5.41, 5.74) is 5.56. The maximum Gasteiger partial charge on any atom is 0.280 e. The van der Waals surface area contributed by atoms with Gasteiger partial charge >= 0.3 is 0 Å². The van der Waals surface area contributed by atoms with E-state index in [1.54, 1.807) is 4.52 Å². The Balaban J connectivity index is 1.49. The molecule has 0 saturated heterocycles. The summed E-state index contributed by atoms with van der Waals surface area (Å²) >= 11 is 1.28. The number of carbonyl (C=O) groups is 1. The van der Waals surface area contributed by atoms with Gasteiger partial charge in [-0.1, -0.05) is 25.2 Å². The van der Waals surface area contributed by atoms with Crippen LogP contribution in [0.2, 0.25) is 0 Å². The summed E-state index contributed by atoms with van der Waals surface area (Å²) in [7, 11) is -3.20. The molecule has 32 heavy (non-hydrogen) atoms. The molecule has 1 amide bonds. The number of pyridine rings is 1. The number of amides is 1. The van der Waals surface area contributed by atoms with Crippen LogP contribution in [0.5, 0.6) is 0 Å². The number of H-pyrrole nitrogens is 1. The molecule has 0 bridgehead atoms. The Morgan fingerprint density at radius 1 is 1.38 bits per heavy atom. The minimum absolute atomic E-state index is 0.123. The Hall–Kier alpha value is -2.79. The van der Waals surface area contributed by atoms with Crippen molar-refractivity contribution in [3.63, 3.8) is 0 Å². The highest BCUT2D eigenvalue weighted by atomic mass is 32.2. The summed E-state index contributed by atoms with van der Waals surface area (Å²) in [5.74, 6) is -0.172. The van der Waals surface area contributed by atoms with E-state index in [1.165, 1.54) is 23.9 Å². The van der Waals surface area contributed by atoms with Crippen LogP contribution in [0.4, 0.5) is 0 Å². The minimum atomic E-state index is -3.20. The molecule has 0 radical (unpaired) electrons. The lowest BCUT2D eigenvalue weighted by Crippen LogP contribution is -2.38. The van der Waals surface area contributed by atoms with Crippen LogP contribution in [-0.2, 0) is 9.84 Å². The van der Waals surface area contributed by atoms with E-state index in [4.69, 9.17) is 0 Å². The van der Waals surface area contributed by atoms with Crippen molar-refractivity contribution in [2.24, 2.45) is 0 Å². The number of rotatable bonds is 6. The molecule has 168 valence electrons. The Morgan fingerprint density at radius 2 is 2.12 bits per heavy atom. The van der Waals surface area contributed by atoms with Gasteiger partial charge in [0.15, 0.2) is 20.5 Å². The van der Waals surface area contributed by atoms with Crippen LogP contribution in [0.15, 0.2) is 18.6 Å². The lowest BCUT2D eigenvalue weighted by Gasteiger charge is -2.13. The molecule has 0 aliphatic heterocycles. The highest BCUT2D eigenvalue weighted by Crippen LogP contribution is 2.42. The Morgan fingerprint density at radius 3 is 2.78 bits per heavy atom. The summed E-state index contributed by atoms with van der Waals surface area (Å²) in [6.45, 7) is 6.30. The molecule has 4 aromatic heterocycles. The molecule has 0 spiro atoms. The predicted molar refractivity (Wildman–Crippen MR) is 124 cm³/mol. The van der Waals surface area contributed by atoms with Crippen molar-refractivity contribution >= 4 is 43.1 Å². The van der Waals surface area contributed by atoms with Crippen molar-refractivity contribution < 1.29 is 13.2 Å². The number of aryl methyl sites for hydroxylation is 1. The molecular formula is C21H24N6O3S2. The fourth-order valence-corrected chi connectivity index (χ4v) is 6.22. The third-order valence-electron chi connectivity index (χ3n) is 6.17. The Bertz CT molecular complexity index is 1470. The Labute approximate surface area is 189 Å². The molecular weight excluding hydrogens is 448 g/mol. The van der Waals surface area contributed by atoms with E-state index >= 15 is 0 Å². The summed E-state index contributed by atoms with van der Waals surface area (Å²) in [4.78, 5) is 25.9. The number of carbonyl (C=O) groups excluding carboxylic acids is 1. The number of sulfone groups is 1. The van der Waals surface area contributed by atoms with Crippen molar-refractivity contribution in [2.75, 3.05) is 12.8 Å². The quantitative estimate of drug-likeness (QED) is 0.445. The summed E-state index contributed by atoms with van der Waals surface area (Å²) < 4.78 is 24.9. The molecule has 9 nitrogen and oxygen atoms in total. The van der Waals surface area contributed by atoms with Gasteiger partial charge in [-0.05, 0) is 37.3 Å². The smallest absolute Gasteiger partial charge is 0.280 e. The number of thiazole rings is 1. The molecule has 0 unspecified atom stereocenters. The standard InChI is InChI=1S/C21H24N6O3S2/c1-11(2)14-15(13-7-12(3)17-23-10-24-27(17)8-13)25-19-16(14)26-20(31-19)18(28)22-9-21(5-6-21)32(4,29)30/h7-8,10-11,25H,5-6,9H2,1-4H3,(H,22,28). The van der Waals surface area contributed by atoms with Gasteiger partial charge in [-0.25, -0.2) is 22.9 Å². The van der Waals surface area contributed by atoms with E-state index in [-0.39, 0.29) is 18.4 Å². The zero-order chi connectivity index (χ0) is 22.8. The van der Waals surface area contributed by atoms with Gasteiger partial charge in [0.25, 0.3) is 5.91 Å². The zero-order valence-corrected chi connectivity index (χ0v) is 19.9. The number of hydrogen-bond donors (Lipinski definition) is 2. The Kier molecular flexibility index (Phi) is 4.68. The number of nitrogens with zero attached hydrogens (tertiary/aromatic N) is 4. The molecule has 4 heterocycles. The first-order valence-electron chi connectivity index (χ1n) is 10.4. The van der Waals surface area contributed by atoms with Crippen molar-refractivity contribution in [1.29, 1.82) is 0 Å². The monoisotopic (exact) mass is 472 g/mol. The lowest BCUT2D eigenvalue weighted by atomic mass is 9.99. The summed E-state index contributed by atoms with van der Waals surface area (Å²) in [5, 5.41) is 7.37. The largest absolute Gasteiger partial charge is 0.348 e. The van der Waals surface area contributed by atoms with E-state index in [2.05, 4.69) is 45.3 Å². The zero-order valence-electron chi connectivity index (χ0n) is 18.3. The van der Waals surface area contributed by atoms with E-state index in [0.717, 1.165) is 38.4 Å². The summed E-state index contributed by atoms with van der Waals surface area (Å²) in [6, 6.07) is 2.07. The molecule has 1 aliphatic carbocycles. The average Bonchev–Trinajstić information content (AvgIpc) is 3.05. The molecule has 1 saturated carbocycles. The second-order valence-corrected chi connectivity index (χ2v) is 12.3. The third kappa shape index (κ3) is 3.30. The van der Waals surface area contributed by atoms with Crippen LogP contribution >= 0.6 is 11.3 Å². The lowest BCUT2D eigenvalue weighted by molar-refractivity contribution is 0.0952. The van der Waals surface area contributed by atoms with Crippen LogP contribution < -0.4 is 5.32 Å². The highest BCUT2D eigenvalue weighted by Gasteiger charge is 2.52. The molecule has 1 aliphatic rings. The number of aromatic amines is 1. The van der Waals surface area contributed by atoms with Crippen molar-refractivity contribution in [3.8, 4) is 11.3 Å². The second kappa shape index (κ2) is 7.11. The first kappa shape index (κ1) is 21.1. The first-order valence-corrected chi connectivity index (χ1v) is 13.1. The van der Waals surface area contributed by atoms with Gasteiger partial charge in [-0.15, -0.1) is 0 Å². The maximum atomic E-state index is 12.7. The molecule has 0 atom stereocenters. The number of fused-ring (bicyclic) bond motifs is 2. The molecule has 1 fully saturated rings. The normalized spacial score (nSPS) is 15.7. The van der Waals surface area contributed by atoms with E-state index in [0.29, 0.717) is 17.8 Å². The van der Waals surface area contributed by atoms with Crippen LogP contribution in [0, 0.1) is 6.92 Å². The van der Waals surface area contributed by atoms with Crippen molar-refractivity contribution in [2.45, 2.75) is 44.3 Å². The molecule has 11 heteroatoms. The van der Waals surface area contributed by atoms with Crippen molar-refractivity contribution in [3.05, 3.63) is 34.7 Å². The van der Waals surface area contributed by atoms with Crippen LogP contribution in [0.1, 0.15) is 53.5 Å². The number of hydrogen-bond acceptors (Lipinski definition) is 7. The van der Waals surface area contributed by atoms with Gasteiger partial charge in [0.05, 0.1) is 10.4 Å². The maximum absolute atomic E-state index is 12.7. The SMILES string of the molecule is Cc1cc(-c2[nH]c3sc(C(=O)NCC4(S(C)(=O)=O)CC4)nc3c2C(C)C)cn2ncnc12. The molecule has 2 N–H and O–H groups in total. The van der Waals surface area contributed by atoms with Crippen LogP contribution in [0.3, 0.4) is 0 Å². The van der Waals surface area contributed by atoms with Gasteiger partial charge in [0.2, 0.25) is 0 Å². The number of aromatic nitrogens is 5. The van der Waals surface area contributed by atoms with E-state index in [9.17, 15) is 13.2 Å². The molecule has 5 rings (SSSR count). The molecule has 4 aromatic rings. The van der Waals surface area contributed by atoms with Crippen LogP contribution in [-0.4, -0.2) is 56.4 Å². The third-order valence-corrected chi connectivity index (χ3v) is 9.27. The van der Waals surface area contributed by atoms with Gasteiger partial charge in [-0.2, -0.15) is 5.10 Å². The minimum Gasteiger partial charge on any atom is -0.348 e. The second-order valence-electron chi connectivity index (χ2n) is 8.84. The highest BCUT2D eigenvalue weighted by molar-refractivity contribution is 7.92. The van der Waals surface area contributed by atoms with E-state index < -0.39 is 14.6 Å². The molecule has 0 aromatic carbocycles. The topological polar surface area (TPSA) is 122 Å².